The fourth-order valence-corrected chi connectivity index (χ4v) is 4.62. The molecule has 2 unspecified atom stereocenters. The number of aryl methyl sites for hydroxylation is 1. The minimum absolute atomic E-state index is 0.0520. The Morgan fingerprint density at radius 2 is 2.18 bits per heavy atom. The van der Waals surface area contributed by atoms with Crippen LogP contribution in [0.3, 0.4) is 0 Å². The molecule has 0 bridgehead atoms. The van der Waals surface area contributed by atoms with Crippen LogP contribution in [0.4, 0.5) is 8.78 Å². The third-order valence-electron chi connectivity index (χ3n) is 3.92. The zero-order valence-corrected chi connectivity index (χ0v) is 12.6. The lowest BCUT2D eigenvalue weighted by atomic mass is 10.2. The van der Waals surface area contributed by atoms with Gasteiger partial charge in [-0.25, -0.2) is 17.2 Å². The van der Waals surface area contributed by atoms with E-state index in [1.165, 1.54) is 25.1 Å². The molecule has 1 aliphatic heterocycles. The van der Waals surface area contributed by atoms with E-state index in [2.05, 4.69) is 0 Å². The molecule has 1 N–H and O–H groups in total. The number of hydrogen-bond donors (Lipinski definition) is 1. The van der Waals surface area contributed by atoms with Crippen molar-refractivity contribution in [1.29, 1.82) is 0 Å². The summed E-state index contributed by atoms with van der Waals surface area (Å²) in [6.07, 6.45) is -1.38. The smallest absolute Gasteiger partial charge is 0.277 e. The number of benzene rings is 1. The van der Waals surface area contributed by atoms with Gasteiger partial charge in [-0.15, -0.1) is 0 Å². The fraction of sp³-hybridized carbons (Fsp3) is 0.429. The van der Waals surface area contributed by atoms with Gasteiger partial charge in [0.1, 0.15) is 17.6 Å². The molecule has 3 rings (SSSR count). The Balaban J connectivity index is 2.11. The van der Waals surface area contributed by atoms with Gasteiger partial charge >= 0.3 is 0 Å². The predicted octanol–water partition coefficient (Wildman–Crippen LogP) is 1.97. The maximum Gasteiger partial charge on any atom is 0.277 e. The largest absolute Gasteiger partial charge is 0.443 e. The lowest BCUT2D eigenvalue weighted by Crippen LogP contribution is -2.37. The highest BCUT2D eigenvalue weighted by atomic mass is 32.2. The summed E-state index contributed by atoms with van der Waals surface area (Å²) >= 11 is 0. The van der Waals surface area contributed by atoms with Gasteiger partial charge in [-0.1, -0.05) is 0 Å². The summed E-state index contributed by atoms with van der Waals surface area (Å²) < 4.78 is 58.5. The van der Waals surface area contributed by atoms with Crippen LogP contribution in [0, 0.1) is 12.7 Å². The van der Waals surface area contributed by atoms with Gasteiger partial charge in [-0.05, 0) is 31.5 Å². The Morgan fingerprint density at radius 1 is 1.45 bits per heavy atom. The molecule has 0 amide bonds. The lowest BCUT2D eigenvalue weighted by Gasteiger charge is -2.20. The molecule has 0 radical (unpaired) electrons. The topological polar surface area (TPSA) is 70.8 Å². The van der Waals surface area contributed by atoms with E-state index in [0.29, 0.717) is 5.39 Å². The van der Waals surface area contributed by atoms with E-state index in [-0.39, 0.29) is 29.2 Å². The Morgan fingerprint density at radius 3 is 2.86 bits per heavy atom. The molecule has 2 atom stereocenters. The Kier molecular flexibility index (Phi) is 3.70. The number of aliphatic hydroxyl groups is 1. The Labute approximate surface area is 126 Å². The molecule has 0 saturated carbocycles. The molecular weight excluding hydrogens is 316 g/mol. The van der Waals surface area contributed by atoms with E-state index in [1.54, 1.807) is 0 Å². The minimum Gasteiger partial charge on any atom is -0.443 e. The molecular formula is C14H15F2NO4S. The fourth-order valence-electron chi connectivity index (χ4n) is 2.81. The molecule has 0 aliphatic carbocycles. The van der Waals surface area contributed by atoms with E-state index in [4.69, 9.17) is 4.42 Å². The number of sulfonamides is 1. The first-order chi connectivity index (χ1) is 10.3. The molecule has 5 nitrogen and oxygen atoms in total. The van der Waals surface area contributed by atoms with E-state index in [9.17, 15) is 22.3 Å². The van der Waals surface area contributed by atoms with Crippen molar-refractivity contribution in [3.63, 3.8) is 0 Å². The Bertz CT molecular complexity index is 818. The van der Waals surface area contributed by atoms with Crippen LogP contribution in [0.15, 0.2) is 27.7 Å². The van der Waals surface area contributed by atoms with Gasteiger partial charge in [-0.2, -0.15) is 4.31 Å². The van der Waals surface area contributed by atoms with Crippen molar-refractivity contribution >= 4 is 21.0 Å². The van der Waals surface area contributed by atoms with Gasteiger partial charge in [-0.3, -0.25) is 0 Å². The molecule has 2 aromatic rings. The van der Waals surface area contributed by atoms with Crippen LogP contribution in [0.1, 0.15) is 12.0 Å². The van der Waals surface area contributed by atoms with Gasteiger partial charge < -0.3 is 9.52 Å². The van der Waals surface area contributed by atoms with Gasteiger partial charge in [0.25, 0.3) is 10.0 Å². The average molecular weight is 331 g/mol. The first-order valence-corrected chi connectivity index (χ1v) is 8.24. The molecule has 120 valence electrons. The third kappa shape index (κ3) is 2.31. The lowest BCUT2D eigenvalue weighted by molar-refractivity contribution is 0.211. The van der Waals surface area contributed by atoms with Crippen molar-refractivity contribution in [2.24, 2.45) is 0 Å². The third-order valence-corrected chi connectivity index (χ3v) is 5.84. The average Bonchev–Trinajstić information content (AvgIpc) is 3.01. The van der Waals surface area contributed by atoms with Crippen molar-refractivity contribution < 1.29 is 26.7 Å². The molecule has 8 heteroatoms. The van der Waals surface area contributed by atoms with Crippen molar-refractivity contribution in [2.75, 3.05) is 13.2 Å². The summed E-state index contributed by atoms with van der Waals surface area (Å²) in [5, 5.41) is 9.28. The monoisotopic (exact) mass is 331 g/mol. The number of furan rings is 1. The first-order valence-electron chi connectivity index (χ1n) is 6.80. The SMILES string of the molecule is Cc1c(S(=O)(=O)N2CC(F)CC2CO)oc2ccc(F)cc12. The standard InChI is InChI=1S/C14H15F2NO4S/c1-8-12-5-9(15)2-3-13(12)21-14(8)22(19,20)17-6-10(16)4-11(17)7-18/h2-3,5,10-11,18H,4,6-7H2,1H3. The van der Waals surface area contributed by atoms with Crippen LogP contribution in [0.25, 0.3) is 11.0 Å². The zero-order chi connectivity index (χ0) is 16.1. The highest BCUT2D eigenvalue weighted by molar-refractivity contribution is 7.89. The molecule has 22 heavy (non-hydrogen) atoms. The summed E-state index contributed by atoms with van der Waals surface area (Å²) in [7, 11) is -4.09. The van der Waals surface area contributed by atoms with Crippen molar-refractivity contribution in [1.82, 2.24) is 4.31 Å². The number of rotatable bonds is 3. The van der Waals surface area contributed by atoms with Gasteiger partial charge in [0.2, 0.25) is 5.09 Å². The maximum absolute atomic E-state index is 13.5. The number of fused-ring (bicyclic) bond motifs is 1. The number of alkyl halides is 1. The second kappa shape index (κ2) is 5.29. The van der Waals surface area contributed by atoms with Gasteiger partial charge in [0.15, 0.2) is 0 Å². The second-order valence-corrected chi connectivity index (χ2v) is 7.19. The van der Waals surface area contributed by atoms with E-state index < -0.39 is 34.7 Å². The van der Waals surface area contributed by atoms with Crippen LogP contribution in [0.2, 0.25) is 0 Å². The minimum atomic E-state index is -4.09. The normalized spacial score (nSPS) is 23.5. The summed E-state index contributed by atoms with van der Waals surface area (Å²) in [6.45, 7) is 0.723. The van der Waals surface area contributed by atoms with Crippen molar-refractivity contribution in [3.8, 4) is 0 Å². The number of hydrogen-bond acceptors (Lipinski definition) is 4. The van der Waals surface area contributed by atoms with E-state index >= 15 is 0 Å². The van der Waals surface area contributed by atoms with Gasteiger partial charge in [0.05, 0.1) is 12.6 Å². The molecule has 0 spiro atoms. The summed E-state index contributed by atoms with van der Waals surface area (Å²) in [6, 6.07) is 2.90. The molecule has 1 fully saturated rings. The quantitative estimate of drug-likeness (QED) is 0.933. The number of aliphatic hydroxyl groups excluding tert-OH is 1. The summed E-state index contributed by atoms with van der Waals surface area (Å²) in [5.41, 5.74) is 0.516. The number of halogens is 2. The van der Waals surface area contributed by atoms with Crippen LogP contribution < -0.4 is 0 Å². The molecule has 1 aromatic carbocycles. The highest BCUT2D eigenvalue weighted by Gasteiger charge is 2.42. The first kappa shape index (κ1) is 15.4. The molecule has 1 aliphatic rings. The second-order valence-electron chi connectivity index (χ2n) is 5.40. The maximum atomic E-state index is 13.5. The van der Waals surface area contributed by atoms with E-state index in [1.807, 2.05) is 0 Å². The summed E-state index contributed by atoms with van der Waals surface area (Å²) in [4.78, 5) is 0. The number of nitrogens with zero attached hydrogens (tertiary/aromatic N) is 1. The zero-order valence-electron chi connectivity index (χ0n) is 11.8. The van der Waals surface area contributed by atoms with Gasteiger partial charge in [0, 0.05) is 17.5 Å². The molecule has 2 heterocycles. The van der Waals surface area contributed by atoms with Crippen molar-refractivity contribution in [2.45, 2.75) is 30.7 Å². The highest BCUT2D eigenvalue weighted by Crippen LogP contribution is 2.34. The van der Waals surface area contributed by atoms with Crippen LogP contribution in [0.5, 0.6) is 0 Å². The predicted molar refractivity (Wildman–Crippen MR) is 75.2 cm³/mol. The molecule has 1 saturated heterocycles. The van der Waals surface area contributed by atoms with Crippen LogP contribution in [-0.4, -0.2) is 43.2 Å². The van der Waals surface area contributed by atoms with Crippen LogP contribution in [-0.2, 0) is 10.0 Å². The van der Waals surface area contributed by atoms with Crippen molar-refractivity contribution in [3.05, 3.63) is 29.6 Å². The Hall–Kier alpha value is -1.51. The summed E-state index contributed by atoms with van der Waals surface area (Å²) in [5.74, 6) is -0.501. The molecule has 1 aromatic heterocycles. The van der Waals surface area contributed by atoms with E-state index in [0.717, 1.165) is 4.31 Å². The van der Waals surface area contributed by atoms with Crippen LogP contribution >= 0.6 is 0 Å².